The first-order valence-corrected chi connectivity index (χ1v) is 8.55. The summed E-state index contributed by atoms with van der Waals surface area (Å²) >= 11 is 0. The number of ether oxygens (including phenoxy) is 1. The van der Waals surface area contributed by atoms with Crippen molar-refractivity contribution >= 4 is 5.91 Å². The van der Waals surface area contributed by atoms with E-state index in [1.54, 1.807) is 0 Å². The third-order valence-corrected chi connectivity index (χ3v) is 4.86. The summed E-state index contributed by atoms with van der Waals surface area (Å²) in [6, 6.07) is 2.38. The molecule has 2 aliphatic heterocycles. The van der Waals surface area contributed by atoms with Gasteiger partial charge in [-0.25, -0.2) is 0 Å². The van der Waals surface area contributed by atoms with E-state index in [0.29, 0.717) is 6.42 Å². The molecule has 5 heteroatoms. The molecule has 0 aromatic carbocycles. The van der Waals surface area contributed by atoms with Crippen LogP contribution in [0.2, 0.25) is 0 Å². The lowest BCUT2D eigenvalue weighted by atomic mass is 10.0. The number of carbonyl (C=O) groups is 1. The van der Waals surface area contributed by atoms with Crippen LogP contribution in [0, 0.1) is 13.8 Å². The highest BCUT2D eigenvalue weighted by Crippen LogP contribution is 2.23. The molecule has 0 N–H and O–H groups in total. The van der Waals surface area contributed by atoms with Crippen LogP contribution < -0.4 is 0 Å². The maximum Gasteiger partial charge on any atom is 0.225 e. The van der Waals surface area contributed by atoms with Crippen molar-refractivity contribution in [1.29, 1.82) is 0 Å². The van der Waals surface area contributed by atoms with E-state index < -0.39 is 0 Å². The van der Waals surface area contributed by atoms with Gasteiger partial charge in [-0.3, -0.25) is 9.48 Å². The van der Waals surface area contributed by atoms with Crippen LogP contribution in [0.25, 0.3) is 0 Å². The van der Waals surface area contributed by atoms with Crippen molar-refractivity contribution in [2.24, 2.45) is 0 Å². The first-order valence-electron chi connectivity index (χ1n) is 8.55. The number of aromatic nitrogens is 2. The fourth-order valence-electron chi connectivity index (χ4n) is 3.70. The lowest BCUT2D eigenvalue weighted by molar-refractivity contribution is -0.137. The molecule has 2 unspecified atom stereocenters. The van der Waals surface area contributed by atoms with Crippen LogP contribution in [0.4, 0.5) is 0 Å². The van der Waals surface area contributed by atoms with Crippen LogP contribution in [0.5, 0.6) is 0 Å². The molecule has 1 amide bonds. The average Bonchev–Trinajstić information content (AvgIpc) is 3.10. The largest absolute Gasteiger partial charge is 0.378 e. The Labute approximate surface area is 132 Å². The third kappa shape index (κ3) is 3.51. The van der Waals surface area contributed by atoms with Gasteiger partial charge in [0, 0.05) is 18.8 Å². The summed E-state index contributed by atoms with van der Waals surface area (Å²) in [6.45, 7) is 6.62. The van der Waals surface area contributed by atoms with Crippen molar-refractivity contribution < 1.29 is 9.53 Å². The van der Waals surface area contributed by atoms with Gasteiger partial charge in [0.15, 0.2) is 0 Å². The number of nitrogens with zero attached hydrogens (tertiary/aromatic N) is 3. The number of aryl methyl sites for hydroxylation is 2. The predicted molar refractivity (Wildman–Crippen MR) is 84.6 cm³/mol. The second kappa shape index (κ2) is 6.82. The molecule has 2 saturated heterocycles. The number of hydrogen-bond acceptors (Lipinski definition) is 3. The smallest absolute Gasteiger partial charge is 0.225 e. The molecule has 2 fully saturated rings. The fourth-order valence-corrected chi connectivity index (χ4v) is 3.70. The van der Waals surface area contributed by atoms with Gasteiger partial charge in [-0.05, 0) is 52.0 Å². The molecule has 1 aromatic heterocycles. The molecule has 3 heterocycles. The van der Waals surface area contributed by atoms with Gasteiger partial charge >= 0.3 is 0 Å². The van der Waals surface area contributed by atoms with Crippen LogP contribution in [0.3, 0.4) is 0 Å². The van der Waals surface area contributed by atoms with Crippen molar-refractivity contribution in [1.82, 2.24) is 14.7 Å². The third-order valence-electron chi connectivity index (χ3n) is 4.86. The van der Waals surface area contributed by atoms with Crippen molar-refractivity contribution in [3.05, 3.63) is 17.5 Å². The van der Waals surface area contributed by atoms with Gasteiger partial charge in [0.2, 0.25) is 5.91 Å². The van der Waals surface area contributed by atoms with Gasteiger partial charge in [-0.1, -0.05) is 0 Å². The van der Waals surface area contributed by atoms with Crippen molar-refractivity contribution in [2.45, 2.75) is 71.1 Å². The summed E-state index contributed by atoms with van der Waals surface area (Å²) < 4.78 is 7.68. The van der Waals surface area contributed by atoms with Gasteiger partial charge in [0.1, 0.15) is 0 Å². The molecule has 0 bridgehead atoms. The number of carbonyl (C=O) groups excluding carboxylic acids is 1. The Bertz CT molecular complexity index is 520. The molecule has 0 saturated carbocycles. The lowest BCUT2D eigenvalue weighted by Gasteiger charge is -2.36. The number of likely N-dealkylation sites (tertiary alicyclic amines) is 1. The highest BCUT2D eigenvalue weighted by Gasteiger charge is 2.30. The van der Waals surface area contributed by atoms with Crippen LogP contribution in [-0.4, -0.2) is 45.9 Å². The standard InChI is InChI=1S/C17H27N3O2/c1-13-10-14(2)20(18-13)12-15-6-3-4-8-19(15)17(21)11-16-7-5-9-22-16/h10,15-16H,3-9,11-12H2,1-2H3. The summed E-state index contributed by atoms with van der Waals surface area (Å²) in [5.74, 6) is 0.262. The zero-order valence-corrected chi connectivity index (χ0v) is 13.8. The Balaban J connectivity index is 1.65. The van der Waals surface area contributed by atoms with E-state index in [0.717, 1.165) is 51.1 Å². The van der Waals surface area contributed by atoms with Gasteiger partial charge in [-0.15, -0.1) is 0 Å². The summed E-state index contributed by atoms with van der Waals surface area (Å²) in [5, 5.41) is 4.56. The number of amides is 1. The summed E-state index contributed by atoms with van der Waals surface area (Å²) in [6.07, 6.45) is 6.21. The van der Waals surface area contributed by atoms with Crippen LogP contribution in [0.1, 0.15) is 49.9 Å². The van der Waals surface area contributed by atoms with Crippen molar-refractivity contribution in [3.8, 4) is 0 Å². The summed E-state index contributed by atoms with van der Waals surface area (Å²) in [4.78, 5) is 14.7. The molecule has 0 aliphatic carbocycles. The van der Waals surface area contributed by atoms with Crippen LogP contribution in [-0.2, 0) is 16.1 Å². The molecule has 2 atom stereocenters. The first kappa shape index (κ1) is 15.5. The monoisotopic (exact) mass is 305 g/mol. The van der Waals surface area contributed by atoms with E-state index in [1.165, 1.54) is 12.1 Å². The molecule has 2 aliphatic rings. The second-order valence-corrected chi connectivity index (χ2v) is 6.69. The highest BCUT2D eigenvalue weighted by molar-refractivity contribution is 5.77. The van der Waals surface area contributed by atoms with Crippen molar-refractivity contribution in [2.75, 3.05) is 13.2 Å². The van der Waals surface area contributed by atoms with Gasteiger partial charge in [-0.2, -0.15) is 5.10 Å². The minimum Gasteiger partial charge on any atom is -0.378 e. The Kier molecular flexibility index (Phi) is 4.81. The van der Waals surface area contributed by atoms with E-state index in [2.05, 4.69) is 27.7 Å². The Hall–Kier alpha value is -1.36. The molecule has 0 spiro atoms. The summed E-state index contributed by atoms with van der Waals surface area (Å²) in [7, 11) is 0. The molecular formula is C17H27N3O2. The summed E-state index contributed by atoms with van der Waals surface area (Å²) in [5.41, 5.74) is 2.22. The number of rotatable bonds is 4. The number of hydrogen-bond donors (Lipinski definition) is 0. The van der Waals surface area contributed by atoms with E-state index in [1.807, 2.05) is 6.92 Å². The van der Waals surface area contributed by atoms with Gasteiger partial charge in [0.25, 0.3) is 0 Å². The SMILES string of the molecule is Cc1cc(C)n(CC2CCCCN2C(=O)CC2CCCO2)n1. The van der Waals surface area contributed by atoms with Gasteiger partial charge < -0.3 is 9.64 Å². The minimum absolute atomic E-state index is 0.142. The van der Waals surface area contributed by atoms with Crippen LogP contribution in [0.15, 0.2) is 6.07 Å². The highest BCUT2D eigenvalue weighted by atomic mass is 16.5. The Morgan fingerprint density at radius 2 is 2.18 bits per heavy atom. The number of piperidine rings is 1. The molecule has 5 nitrogen and oxygen atoms in total. The molecular weight excluding hydrogens is 278 g/mol. The van der Waals surface area contributed by atoms with Crippen LogP contribution >= 0.6 is 0 Å². The zero-order valence-electron chi connectivity index (χ0n) is 13.8. The second-order valence-electron chi connectivity index (χ2n) is 6.69. The molecule has 3 rings (SSSR count). The van der Waals surface area contributed by atoms with E-state index in [9.17, 15) is 4.79 Å². The van der Waals surface area contributed by atoms with Crippen molar-refractivity contribution in [3.63, 3.8) is 0 Å². The Morgan fingerprint density at radius 1 is 1.32 bits per heavy atom. The van der Waals surface area contributed by atoms with E-state index in [4.69, 9.17) is 4.74 Å². The predicted octanol–water partition coefficient (Wildman–Crippen LogP) is 2.45. The normalized spacial score (nSPS) is 25.6. The van der Waals surface area contributed by atoms with E-state index in [-0.39, 0.29) is 18.1 Å². The lowest BCUT2D eigenvalue weighted by Crippen LogP contribution is -2.46. The van der Waals surface area contributed by atoms with E-state index >= 15 is 0 Å². The molecule has 22 heavy (non-hydrogen) atoms. The maximum atomic E-state index is 12.7. The molecule has 122 valence electrons. The maximum absolute atomic E-state index is 12.7. The average molecular weight is 305 g/mol. The molecule has 0 radical (unpaired) electrons. The minimum atomic E-state index is 0.142. The Morgan fingerprint density at radius 3 is 2.86 bits per heavy atom. The quantitative estimate of drug-likeness (QED) is 0.858. The fraction of sp³-hybridized carbons (Fsp3) is 0.765. The molecule has 1 aromatic rings. The zero-order chi connectivity index (χ0) is 15.5. The van der Waals surface area contributed by atoms with Gasteiger partial charge in [0.05, 0.1) is 30.8 Å². The first-order chi connectivity index (χ1) is 10.6. The topological polar surface area (TPSA) is 47.4 Å².